The topological polar surface area (TPSA) is 87.3 Å². The van der Waals surface area contributed by atoms with E-state index in [-0.39, 0.29) is 25.5 Å². The second kappa shape index (κ2) is 6.97. The Labute approximate surface area is 107 Å². The second-order valence-corrected chi connectivity index (χ2v) is 5.57. The molecule has 3 N–H and O–H groups in total. The molecule has 1 rings (SSSR count). The van der Waals surface area contributed by atoms with E-state index in [1.807, 2.05) is 30.3 Å². The number of carbonyl (C=O) groups excluding carboxylic acids is 1. The van der Waals surface area contributed by atoms with Gasteiger partial charge in [-0.1, -0.05) is 18.2 Å². The molecule has 0 aliphatic heterocycles. The van der Waals surface area contributed by atoms with Gasteiger partial charge in [-0.2, -0.15) is 0 Å². The normalized spacial score (nSPS) is 10.9. The number of rotatable bonds is 7. The molecule has 0 spiro atoms. The summed E-state index contributed by atoms with van der Waals surface area (Å²) >= 11 is 0. The van der Waals surface area contributed by atoms with Crippen LogP contribution in [-0.2, 0) is 14.8 Å². The average Bonchev–Trinajstić information content (AvgIpc) is 2.32. The fraction of sp³-hybridized carbons (Fsp3) is 0.364. The number of para-hydroxylation sites is 1. The predicted molar refractivity (Wildman–Crippen MR) is 70.8 cm³/mol. The number of sulfonamides is 1. The lowest BCUT2D eigenvalue weighted by molar-refractivity contribution is -0.119. The van der Waals surface area contributed by atoms with Crippen LogP contribution >= 0.6 is 0 Å². The molecule has 0 saturated heterocycles. The van der Waals surface area contributed by atoms with Crippen molar-refractivity contribution in [1.82, 2.24) is 10.0 Å². The van der Waals surface area contributed by atoms with Gasteiger partial charge in [-0.15, -0.1) is 0 Å². The van der Waals surface area contributed by atoms with Gasteiger partial charge in [0.25, 0.3) is 0 Å². The lowest BCUT2D eigenvalue weighted by atomic mass is 10.3. The van der Waals surface area contributed by atoms with Crippen LogP contribution in [0.5, 0.6) is 0 Å². The van der Waals surface area contributed by atoms with Crippen molar-refractivity contribution in [3.8, 4) is 0 Å². The van der Waals surface area contributed by atoms with Gasteiger partial charge in [-0.05, 0) is 12.1 Å². The van der Waals surface area contributed by atoms with E-state index >= 15 is 0 Å². The third-order valence-electron chi connectivity index (χ3n) is 2.04. The standard InChI is InChI=1S/C11H17N3O3S/c1-18(16,17)14-8-7-12-11(15)9-13-10-5-3-2-4-6-10/h2-6,13-14H,7-9H2,1H3,(H,12,15). The van der Waals surface area contributed by atoms with Crippen LogP contribution in [0.4, 0.5) is 5.69 Å². The van der Waals surface area contributed by atoms with Crippen LogP contribution in [0.2, 0.25) is 0 Å². The van der Waals surface area contributed by atoms with Crippen LogP contribution < -0.4 is 15.4 Å². The number of nitrogens with one attached hydrogen (secondary N) is 3. The zero-order chi connectivity index (χ0) is 13.4. The van der Waals surface area contributed by atoms with Crippen LogP contribution in [0.15, 0.2) is 30.3 Å². The SMILES string of the molecule is CS(=O)(=O)NCCNC(=O)CNc1ccccc1. The minimum Gasteiger partial charge on any atom is -0.376 e. The van der Waals surface area contributed by atoms with Gasteiger partial charge in [0.15, 0.2) is 0 Å². The molecule has 18 heavy (non-hydrogen) atoms. The van der Waals surface area contributed by atoms with E-state index in [0.29, 0.717) is 0 Å². The Morgan fingerprint density at radius 1 is 1.17 bits per heavy atom. The summed E-state index contributed by atoms with van der Waals surface area (Å²) in [5, 5.41) is 5.55. The van der Waals surface area contributed by atoms with E-state index in [9.17, 15) is 13.2 Å². The Morgan fingerprint density at radius 2 is 1.83 bits per heavy atom. The van der Waals surface area contributed by atoms with Gasteiger partial charge in [-0.25, -0.2) is 13.1 Å². The Morgan fingerprint density at radius 3 is 2.44 bits per heavy atom. The molecular weight excluding hydrogens is 254 g/mol. The summed E-state index contributed by atoms with van der Waals surface area (Å²) < 4.78 is 23.8. The minimum atomic E-state index is -3.19. The molecular formula is C11H17N3O3S. The molecule has 0 unspecified atom stereocenters. The first-order valence-electron chi connectivity index (χ1n) is 5.47. The highest BCUT2D eigenvalue weighted by Crippen LogP contribution is 2.03. The molecule has 0 radical (unpaired) electrons. The van der Waals surface area contributed by atoms with Gasteiger partial charge in [0.1, 0.15) is 0 Å². The molecule has 0 aliphatic carbocycles. The second-order valence-electron chi connectivity index (χ2n) is 3.74. The maximum absolute atomic E-state index is 11.4. The Hall–Kier alpha value is -1.60. The first kappa shape index (κ1) is 14.5. The molecule has 0 aromatic heterocycles. The van der Waals surface area contributed by atoms with E-state index in [2.05, 4.69) is 15.4 Å². The number of hydrogen-bond acceptors (Lipinski definition) is 4. The van der Waals surface area contributed by atoms with Crippen LogP contribution in [0.25, 0.3) is 0 Å². The molecule has 0 atom stereocenters. The van der Waals surface area contributed by atoms with Crippen molar-refractivity contribution in [2.24, 2.45) is 0 Å². The predicted octanol–water partition coefficient (Wildman–Crippen LogP) is -0.236. The highest BCUT2D eigenvalue weighted by Gasteiger charge is 2.02. The van der Waals surface area contributed by atoms with Crippen LogP contribution in [0.3, 0.4) is 0 Å². The molecule has 1 aromatic rings. The molecule has 0 heterocycles. The number of carbonyl (C=O) groups is 1. The van der Waals surface area contributed by atoms with Crippen molar-refractivity contribution < 1.29 is 13.2 Å². The fourth-order valence-electron chi connectivity index (χ4n) is 1.24. The van der Waals surface area contributed by atoms with Crippen LogP contribution in [-0.4, -0.2) is 40.2 Å². The zero-order valence-electron chi connectivity index (χ0n) is 10.1. The molecule has 6 nitrogen and oxygen atoms in total. The number of benzene rings is 1. The highest BCUT2D eigenvalue weighted by molar-refractivity contribution is 7.88. The van der Waals surface area contributed by atoms with Gasteiger partial charge in [-0.3, -0.25) is 4.79 Å². The number of amides is 1. The van der Waals surface area contributed by atoms with Gasteiger partial charge >= 0.3 is 0 Å². The lowest BCUT2D eigenvalue weighted by Crippen LogP contribution is -2.36. The molecule has 0 aliphatic rings. The monoisotopic (exact) mass is 271 g/mol. The van der Waals surface area contributed by atoms with Crippen molar-refractivity contribution in [2.75, 3.05) is 31.2 Å². The molecule has 7 heteroatoms. The molecule has 100 valence electrons. The smallest absolute Gasteiger partial charge is 0.239 e. The average molecular weight is 271 g/mol. The minimum absolute atomic E-state index is 0.156. The summed E-state index contributed by atoms with van der Waals surface area (Å²) in [5.74, 6) is -0.186. The summed E-state index contributed by atoms with van der Waals surface area (Å²) in [6, 6.07) is 9.35. The van der Waals surface area contributed by atoms with E-state index in [0.717, 1.165) is 11.9 Å². The van der Waals surface area contributed by atoms with Crippen molar-refractivity contribution in [1.29, 1.82) is 0 Å². The van der Waals surface area contributed by atoms with Crippen molar-refractivity contribution in [3.63, 3.8) is 0 Å². The third-order valence-corrected chi connectivity index (χ3v) is 2.77. The largest absolute Gasteiger partial charge is 0.376 e. The molecule has 1 aromatic carbocycles. The summed E-state index contributed by atoms with van der Waals surface area (Å²) in [7, 11) is -3.19. The maximum atomic E-state index is 11.4. The zero-order valence-corrected chi connectivity index (χ0v) is 11.0. The Bertz CT molecular complexity index is 474. The molecule has 0 saturated carbocycles. The molecule has 0 fully saturated rings. The van der Waals surface area contributed by atoms with Gasteiger partial charge < -0.3 is 10.6 Å². The summed E-state index contributed by atoms with van der Waals surface area (Å²) in [6.07, 6.45) is 1.08. The van der Waals surface area contributed by atoms with Crippen molar-refractivity contribution in [2.45, 2.75) is 0 Å². The van der Waals surface area contributed by atoms with Gasteiger partial charge in [0, 0.05) is 18.8 Å². The van der Waals surface area contributed by atoms with Crippen LogP contribution in [0.1, 0.15) is 0 Å². The van der Waals surface area contributed by atoms with Crippen molar-refractivity contribution >= 4 is 21.6 Å². The summed E-state index contributed by atoms with van der Waals surface area (Å²) in [4.78, 5) is 11.4. The number of anilines is 1. The first-order valence-corrected chi connectivity index (χ1v) is 7.37. The number of hydrogen-bond donors (Lipinski definition) is 3. The highest BCUT2D eigenvalue weighted by atomic mass is 32.2. The van der Waals surface area contributed by atoms with E-state index < -0.39 is 10.0 Å². The van der Waals surface area contributed by atoms with Crippen molar-refractivity contribution in [3.05, 3.63) is 30.3 Å². The van der Waals surface area contributed by atoms with Gasteiger partial charge in [0.2, 0.25) is 15.9 Å². The quantitative estimate of drug-likeness (QED) is 0.598. The van der Waals surface area contributed by atoms with Gasteiger partial charge in [0.05, 0.1) is 12.8 Å². The first-order chi connectivity index (χ1) is 8.47. The molecule has 1 amide bonds. The maximum Gasteiger partial charge on any atom is 0.239 e. The summed E-state index contributed by atoms with van der Waals surface area (Å²) in [5.41, 5.74) is 0.863. The van der Waals surface area contributed by atoms with E-state index in [1.165, 1.54) is 0 Å². The van der Waals surface area contributed by atoms with Crippen LogP contribution in [0, 0.1) is 0 Å². The lowest BCUT2D eigenvalue weighted by Gasteiger charge is -2.07. The Kier molecular flexibility index (Phi) is 5.60. The third kappa shape index (κ3) is 6.87. The van der Waals surface area contributed by atoms with E-state index in [4.69, 9.17) is 0 Å². The van der Waals surface area contributed by atoms with E-state index in [1.54, 1.807) is 0 Å². The Balaban J connectivity index is 2.15. The molecule has 0 bridgehead atoms. The fourth-order valence-corrected chi connectivity index (χ4v) is 1.71. The summed E-state index contributed by atoms with van der Waals surface area (Å²) in [6.45, 7) is 0.612.